The third-order valence-corrected chi connectivity index (χ3v) is 5.53. The van der Waals surface area contributed by atoms with Crippen LogP contribution in [-0.2, 0) is 11.2 Å². The van der Waals surface area contributed by atoms with Crippen LogP contribution < -0.4 is 10.2 Å². The van der Waals surface area contributed by atoms with E-state index in [0.717, 1.165) is 56.1 Å². The Morgan fingerprint density at radius 1 is 1.07 bits per heavy atom. The van der Waals surface area contributed by atoms with Gasteiger partial charge in [0.2, 0.25) is 5.91 Å². The highest BCUT2D eigenvalue weighted by molar-refractivity contribution is 5.94. The second-order valence-electron chi connectivity index (χ2n) is 7.51. The molecular formula is C23H26ClN3O3. The van der Waals surface area contributed by atoms with E-state index in [1.165, 1.54) is 5.56 Å². The van der Waals surface area contributed by atoms with Gasteiger partial charge in [-0.2, -0.15) is 0 Å². The SMILES string of the molecule is Cl.O=C1CCc2cc(/C=C/CN3CCN(c4cccc(C(=O)O)c4)CC3)ccc2N1. The number of carboxylic acids is 1. The summed E-state index contributed by atoms with van der Waals surface area (Å²) >= 11 is 0. The summed E-state index contributed by atoms with van der Waals surface area (Å²) in [5, 5.41) is 12.1. The van der Waals surface area contributed by atoms with Crippen LogP contribution >= 0.6 is 12.4 Å². The van der Waals surface area contributed by atoms with Crippen molar-refractivity contribution in [3.63, 3.8) is 0 Å². The Balaban J connectivity index is 0.00000256. The van der Waals surface area contributed by atoms with Crippen LogP contribution in [-0.4, -0.2) is 54.6 Å². The second-order valence-corrected chi connectivity index (χ2v) is 7.51. The van der Waals surface area contributed by atoms with Crippen molar-refractivity contribution in [3.05, 3.63) is 65.2 Å². The first kappa shape index (κ1) is 21.9. The first-order valence-electron chi connectivity index (χ1n) is 9.98. The van der Waals surface area contributed by atoms with Gasteiger partial charge in [0.25, 0.3) is 0 Å². The molecule has 1 saturated heterocycles. The fourth-order valence-electron chi connectivity index (χ4n) is 3.87. The van der Waals surface area contributed by atoms with Gasteiger partial charge in [-0.05, 0) is 47.9 Å². The number of carbonyl (C=O) groups excluding carboxylic acids is 1. The van der Waals surface area contributed by atoms with E-state index in [0.29, 0.717) is 12.0 Å². The minimum Gasteiger partial charge on any atom is -0.478 e. The van der Waals surface area contributed by atoms with Crippen LogP contribution in [0.4, 0.5) is 11.4 Å². The molecule has 1 amide bonds. The van der Waals surface area contributed by atoms with Crippen molar-refractivity contribution in [3.8, 4) is 0 Å². The van der Waals surface area contributed by atoms with Crippen LogP contribution in [0.2, 0.25) is 0 Å². The predicted octanol–water partition coefficient (Wildman–Crippen LogP) is 3.53. The molecule has 0 saturated carbocycles. The van der Waals surface area contributed by atoms with Gasteiger partial charge < -0.3 is 15.3 Å². The van der Waals surface area contributed by atoms with Crippen LogP contribution in [0.1, 0.15) is 27.9 Å². The third-order valence-electron chi connectivity index (χ3n) is 5.53. The molecule has 2 aromatic carbocycles. The van der Waals surface area contributed by atoms with Crippen molar-refractivity contribution < 1.29 is 14.7 Å². The summed E-state index contributed by atoms with van der Waals surface area (Å²) in [6.45, 7) is 4.54. The number of rotatable bonds is 5. The standard InChI is InChI=1S/C23H25N3O3.ClH/c27-22-9-7-18-15-17(6-8-21(18)24-22)3-2-10-25-11-13-26(14-12-25)20-5-1-4-19(16-20)23(28)29;/h1-6,8,15-16H,7,9-14H2,(H,24,27)(H,28,29);1H/b3-2+;. The van der Waals surface area contributed by atoms with Crippen molar-refractivity contribution in [2.45, 2.75) is 12.8 Å². The Morgan fingerprint density at radius 3 is 2.63 bits per heavy atom. The zero-order valence-corrected chi connectivity index (χ0v) is 17.5. The monoisotopic (exact) mass is 427 g/mol. The van der Waals surface area contributed by atoms with Gasteiger partial charge in [0.15, 0.2) is 0 Å². The maximum Gasteiger partial charge on any atom is 0.335 e. The quantitative estimate of drug-likeness (QED) is 0.763. The number of aryl methyl sites for hydroxylation is 1. The molecule has 0 atom stereocenters. The molecule has 0 spiro atoms. The number of nitrogens with one attached hydrogen (secondary N) is 1. The average molecular weight is 428 g/mol. The van der Waals surface area contributed by atoms with E-state index in [2.05, 4.69) is 33.3 Å². The first-order valence-corrected chi connectivity index (χ1v) is 9.98. The molecule has 2 aromatic rings. The summed E-state index contributed by atoms with van der Waals surface area (Å²) in [7, 11) is 0. The molecule has 2 aliphatic heterocycles. The van der Waals surface area contributed by atoms with E-state index in [-0.39, 0.29) is 18.3 Å². The van der Waals surface area contributed by atoms with Crippen LogP contribution in [0.5, 0.6) is 0 Å². The van der Waals surface area contributed by atoms with Gasteiger partial charge in [-0.3, -0.25) is 9.69 Å². The summed E-state index contributed by atoms with van der Waals surface area (Å²) in [5.41, 5.74) is 4.59. The van der Waals surface area contributed by atoms with Crippen LogP contribution in [0.15, 0.2) is 48.5 Å². The number of piperazine rings is 1. The number of anilines is 2. The number of carbonyl (C=O) groups is 2. The largest absolute Gasteiger partial charge is 0.478 e. The van der Waals surface area contributed by atoms with E-state index < -0.39 is 5.97 Å². The van der Waals surface area contributed by atoms with E-state index in [1.54, 1.807) is 18.2 Å². The van der Waals surface area contributed by atoms with Gasteiger partial charge >= 0.3 is 5.97 Å². The van der Waals surface area contributed by atoms with Crippen molar-refractivity contribution in [1.29, 1.82) is 0 Å². The molecule has 2 N–H and O–H groups in total. The molecular weight excluding hydrogens is 402 g/mol. The van der Waals surface area contributed by atoms with Crippen molar-refractivity contribution in [2.24, 2.45) is 0 Å². The fraction of sp³-hybridized carbons (Fsp3) is 0.304. The predicted molar refractivity (Wildman–Crippen MR) is 122 cm³/mol. The second kappa shape index (κ2) is 9.78. The highest BCUT2D eigenvalue weighted by Crippen LogP contribution is 2.24. The highest BCUT2D eigenvalue weighted by atomic mass is 35.5. The molecule has 0 radical (unpaired) electrons. The van der Waals surface area contributed by atoms with Crippen LogP contribution in [0.3, 0.4) is 0 Å². The zero-order chi connectivity index (χ0) is 20.2. The Kier molecular flexibility index (Phi) is 7.13. The number of nitrogens with zero attached hydrogens (tertiary/aromatic N) is 2. The molecule has 4 rings (SSSR count). The van der Waals surface area contributed by atoms with Crippen molar-refractivity contribution in [2.75, 3.05) is 42.9 Å². The Hall–Kier alpha value is -2.83. The Bertz CT molecular complexity index is 952. The maximum absolute atomic E-state index is 11.5. The number of hydrogen-bond donors (Lipinski definition) is 2. The van der Waals surface area contributed by atoms with Gasteiger partial charge in [0, 0.05) is 50.5 Å². The molecule has 0 bridgehead atoms. The van der Waals surface area contributed by atoms with E-state index in [4.69, 9.17) is 5.11 Å². The topological polar surface area (TPSA) is 72.9 Å². The molecule has 158 valence electrons. The molecule has 0 aliphatic carbocycles. The van der Waals surface area contributed by atoms with Gasteiger partial charge in [-0.1, -0.05) is 24.3 Å². The van der Waals surface area contributed by atoms with Gasteiger partial charge in [0.1, 0.15) is 0 Å². The average Bonchev–Trinajstić information content (AvgIpc) is 2.74. The summed E-state index contributed by atoms with van der Waals surface area (Å²) < 4.78 is 0. The van der Waals surface area contributed by atoms with Crippen molar-refractivity contribution >= 4 is 41.7 Å². The number of carboxylic acid groups (broad SMARTS) is 1. The maximum atomic E-state index is 11.5. The van der Waals surface area contributed by atoms with Crippen LogP contribution in [0, 0.1) is 0 Å². The number of benzene rings is 2. The first-order chi connectivity index (χ1) is 14.1. The highest BCUT2D eigenvalue weighted by Gasteiger charge is 2.17. The number of halogens is 1. The Morgan fingerprint density at radius 2 is 1.87 bits per heavy atom. The minimum absolute atomic E-state index is 0. The van der Waals surface area contributed by atoms with E-state index in [1.807, 2.05) is 18.2 Å². The van der Waals surface area contributed by atoms with E-state index >= 15 is 0 Å². The molecule has 7 heteroatoms. The number of fused-ring (bicyclic) bond motifs is 1. The lowest BCUT2D eigenvalue weighted by atomic mass is 10.0. The summed E-state index contributed by atoms with van der Waals surface area (Å²) in [6, 6.07) is 13.3. The molecule has 30 heavy (non-hydrogen) atoms. The fourth-order valence-corrected chi connectivity index (χ4v) is 3.87. The van der Waals surface area contributed by atoms with Crippen molar-refractivity contribution in [1.82, 2.24) is 4.90 Å². The van der Waals surface area contributed by atoms with Gasteiger partial charge in [-0.25, -0.2) is 4.79 Å². The molecule has 2 heterocycles. The summed E-state index contributed by atoms with van der Waals surface area (Å²) in [5.74, 6) is -0.796. The van der Waals surface area contributed by atoms with Crippen LogP contribution in [0.25, 0.3) is 6.08 Å². The molecule has 1 fully saturated rings. The number of hydrogen-bond acceptors (Lipinski definition) is 4. The lowest BCUT2D eigenvalue weighted by Crippen LogP contribution is -2.46. The van der Waals surface area contributed by atoms with Gasteiger partial charge in [0.05, 0.1) is 5.56 Å². The molecule has 2 aliphatic rings. The van der Waals surface area contributed by atoms with Gasteiger partial charge in [-0.15, -0.1) is 12.4 Å². The van der Waals surface area contributed by atoms with E-state index in [9.17, 15) is 9.59 Å². The number of amides is 1. The minimum atomic E-state index is -0.889. The third kappa shape index (κ3) is 5.20. The molecule has 0 aromatic heterocycles. The number of aromatic carboxylic acids is 1. The lowest BCUT2D eigenvalue weighted by Gasteiger charge is -2.35. The normalized spacial score (nSPS) is 16.7. The summed E-state index contributed by atoms with van der Waals surface area (Å²) in [4.78, 5) is 27.3. The smallest absolute Gasteiger partial charge is 0.335 e. The summed E-state index contributed by atoms with van der Waals surface area (Å²) in [6.07, 6.45) is 5.68. The Labute approximate surface area is 182 Å². The lowest BCUT2D eigenvalue weighted by molar-refractivity contribution is -0.116. The molecule has 6 nitrogen and oxygen atoms in total. The zero-order valence-electron chi connectivity index (χ0n) is 16.7. The molecule has 0 unspecified atom stereocenters.